The fraction of sp³-hybridized carbons (Fsp3) is 0.700. The highest BCUT2D eigenvalue weighted by Crippen LogP contribution is 2.19. The Balaban J connectivity index is 4.01. The monoisotopic (exact) mass is 245 g/mol. The summed E-state index contributed by atoms with van der Waals surface area (Å²) in [6.07, 6.45) is 0.0471. The molecule has 0 heterocycles. The van der Waals surface area contributed by atoms with Crippen LogP contribution < -0.4 is 16.8 Å². The van der Waals surface area contributed by atoms with Crippen LogP contribution in [0.3, 0.4) is 0 Å². The van der Waals surface area contributed by atoms with E-state index in [1.807, 2.05) is 0 Å². The third-order valence-electron chi connectivity index (χ3n) is 2.39. The van der Waals surface area contributed by atoms with Crippen LogP contribution in [-0.2, 0) is 14.4 Å². The van der Waals surface area contributed by atoms with E-state index in [1.54, 1.807) is 13.8 Å². The second-order valence-corrected chi connectivity index (χ2v) is 4.51. The summed E-state index contributed by atoms with van der Waals surface area (Å²) in [5, 5.41) is 11.3. The number of hydrogen-bond acceptors (Lipinski definition) is 4. The summed E-state index contributed by atoms with van der Waals surface area (Å²) >= 11 is 0. The van der Waals surface area contributed by atoms with Crippen LogP contribution >= 0.6 is 0 Å². The Morgan fingerprint density at radius 2 is 1.88 bits per heavy atom. The van der Waals surface area contributed by atoms with Crippen molar-refractivity contribution in [2.75, 3.05) is 6.54 Å². The molecule has 0 radical (unpaired) electrons. The van der Waals surface area contributed by atoms with Crippen molar-refractivity contribution in [1.29, 1.82) is 0 Å². The molecule has 6 N–H and O–H groups in total. The molecule has 1 unspecified atom stereocenters. The number of hydrogen-bond donors (Lipinski definition) is 4. The summed E-state index contributed by atoms with van der Waals surface area (Å²) in [6.45, 7) is 3.31. The first-order valence-electron chi connectivity index (χ1n) is 5.22. The van der Waals surface area contributed by atoms with Crippen LogP contribution in [0.25, 0.3) is 0 Å². The van der Waals surface area contributed by atoms with Crippen molar-refractivity contribution in [1.82, 2.24) is 5.32 Å². The quantitative estimate of drug-likeness (QED) is 0.447. The summed E-state index contributed by atoms with van der Waals surface area (Å²) in [6, 6.07) is -0.986. The summed E-state index contributed by atoms with van der Waals surface area (Å²) in [5.41, 5.74) is 9.38. The zero-order valence-corrected chi connectivity index (χ0v) is 10.0. The first kappa shape index (κ1) is 15.4. The van der Waals surface area contributed by atoms with Crippen molar-refractivity contribution in [3.05, 3.63) is 0 Å². The Hall–Kier alpha value is -1.63. The molecule has 0 rings (SSSR count). The highest BCUT2D eigenvalue weighted by molar-refractivity contribution is 5.87. The highest BCUT2D eigenvalue weighted by Gasteiger charge is 2.27. The van der Waals surface area contributed by atoms with E-state index in [0.717, 1.165) is 0 Å². The molecule has 0 aliphatic carbocycles. The normalized spacial score (nSPS) is 12.9. The Morgan fingerprint density at radius 3 is 2.29 bits per heavy atom. The lowest BCUT2D eigenvalue weighted by molar-refractivity contribution is -0.147. The maximum atomic E-state index is 11.3. The number of carboxylic acid groups (broad SMARTS) is 1. The van der Waals surface area contributed by atoms with E-state index in [-0.39, 0.29) is 19.4 Å². The SMILES string of the molecule is CC(C)(CCNC(=O)C(N)CC(N)=O)C(=O)O. The molecule has 17 heavy (non-hydrogen) atoms. The molecule has 0 aromatic heterocycles. The second-order valence-electron chi connectivity index (χ2n) is 4.51. The molecule has 0 aliphatic heterocycles. The minimum absolute atomic E-state index is 0.185. The van der Waals surface area contributed by atoms with Gasteiger partial charge < -0.3 is 21.9 Å². The van der Waals surface area contributed by atoms with Crippen LogP contribution in [0, 0.1) is 5.41 Å². The van der Waals surface area contributed by atoms with Crippen molar-refractivity contribution >= 4 is 17.8 Å². The lowest BCUT2D eigenvalue weighted by Gasteiger charge is -2.19. The van der Waals surface area contributed by atoms with Gasteiger partial charge in [-0.25, -0.2) is 0 Å². The molecule has 7 nitrogen and oxygen atoms in total. The van der Waals surface area contributed by atoms with Crippen LogP contribution in [0.5, 0.6) is 0 Å². The van der Waals surface area contributed by atoms with Crippen LogP contribution in [0.2, 0.25) is 0 Å². The molecule has 0 aromatic carbocycles. The molecule has 1 atom stereocenters. The number of carboxylic acids is 1. The fourth-order valence-corrected chi connectivity index (χ4v) is 1.05. The van der Waals surface area contributed by atoms with E-state index in [2.05, 4.69) is 5.32 Å². The topological polar surface area (TPSA) is 136 Å². The van der Waals surface area contributed by atoms with E-state index < -0.39 is 29.2 Å². The van der Waals surface area contributed by atoms with Gasteiger partial charge in [-0.1, -0.05) is 0 Å². The molecule has 0 aliphatic rings. The Bertz CT molecular complexity index is 315. The third-order valence-corrected chi connectivity index (χ3v) is 2.39. The third kappa shape index (κ3) is 5.86. The first-order chi connectivity index (χ1) is 7.66. The molecule has 0 aromatic rings. The summed E-state index contributed by atoms with van der Waals surface area (Å²) in [4.78, 5) is 32.6. The van der Waals surface area contributed by atoms with Crippen LogP contribution in [-0.4, -0.2) is 35.5 Å². The smallest absolute Gasteiger partial charge is 0.309 e. The average molecular weight is 245 g/mol. The Morgan fingerprint density at radius 1 is 1.35 bits per heavy atom. The molecule has 2 amide bonds. The predicted octanol–water partition coefficient (Wildman–Crippen LogP) is -1.19. The number of aliphatic carboxylic acids is 1. The van der Waals surface area contributed by atoms with Crippen molar-refractivity contribution in [2.24, 2.45) is 16.9 Å². The predicted molar refractivity (Wildman–Crippen MR) is 60.8 cm³/mol. The van der Waals surface area contributed by atoms with Crippen molar-refractivity contribution in [2.45, 2.75) is 32.7 Å². The number of amides is 2. The maximum absolute atomic E-state index is 11.3. The minimum Gasteiger partial charge on any atom is -0.481 e. The summed E-state index contributed by atoms with van der Waals surface area (Å²) in [5.74, 6) is -2.10. The van der Waals surface area contributed by atoms with Gasteiger partial charge in [-0.05, 0) is 20.3 Å². The van der Waals surface area contributed by atoms with Crippen molar-refractivity contribution in [3.8, 4) is 0 Å². The van der Waals surface area contributed by atoms with Gasteiger partial charge in [-0.2, -0.15) is 0 Å². The maximum Gasteiger partial charge on any atom is 0.309 e. The van der Waals surface area contributed by atoms with E-state index in [0.29, 0.717) is 0 Å². The molecule has 0 saturated heterocycles. The number of rotatable bonds is 7. The zero-order valence-electron chi connectivity index (χ0n) is 10.0. The van der Waals surface area contributed by atoms with E-state index in [1.165, 1.54) is 0 Å². The molecule has 0 fully saturated rings. The molecule has 0 spiro atoms. The van der Waals surface area contributed by atoms with E-state index in [9.17, 15) is 14.4 Å². The number of carbonyl (C=O) groups excluding carboxylic acids is 2. The lowest BCUT2D eigenvalue weighted by atomic mass is 9.89. The standard InChI is InChI=1S/C10H19N3O4/c1-10(2,9(16)17)3-4-13-8(15)6(11)5-7(12)14/h6H,3-5,11H2,1-2H3,(H2,12,14)(H,13,15)(H,16,17). The first-order valence-corrected chi connectivity index (χ1v) is 5.22. The molecule has 0 saturated carbocycles. The fourth-order valence-electron chi connectivity index (χ4n) is 1.05. The average Bonchev–Trinajstić information content (AvgIpc) is 2.15. The molecule has 0 bridgehead atoms. The number of primary amides is 1. The molecule has 98 valence electrons. The Kier molecular flexibility index (Phi) is 5.60. The highest BCUT2D eigenvalue weighted by atomic mass is 16.4. The van der Waals surface area contributed by atoms with Crippen LogP contribution in [0.15, 0.2) is 0 Å². The largest absolute Gasteiger partial charge is 0.481 e. The van der Waals surface area contributed by atoms with Crippen molar-refractivity contribution in [3.63, 3.8) is 0 Å². The lowest BCUT2D eigenvalue weighted by Crippen LogP contribution is -2.44. The summed E-state index contributed by atoms with van der Waals surface area (Å²) < 4.78 is 0. The molecule has 7 heteroatoms. The zero-order chi connectivity index (χ0) is 13.6. The van der Waals surface area contributed by atoms with Gasteiger partial charge in [-0.3, -0.25) is 14.4 Å². The van der Waals surface area contributed by atoms with Gasteiger partial charge in [-0.15, -0.1) is 0 Å². The van der Waals surface area contributed by atoms with Gasteiger partial charge >= 0.3 is 5.97 Å². The van der Waals surface area contributed by atoms with E-state index >= 15 is 0 Å². The Labute approximate surface area is 99.5 Å². The number of carbonyl (C=O) groups is 3. The second kappa shape index (κ2) is 6.19. The van der Waals surface area contributed by atoms with Gasteiger partial charge in [0.2, 0.25) is 11.8 Å². The van der Waals surface area contributed by atoms with Gasteiger partial charge in [0.1, 0.15) is 0 Å². The molecular formula is C10H19N3O4. The van der Waals surface area contributed by atoms with Gasteiger partial charge in [0.15, 0.2) is 0 Å². The minimum atomic E-state index is -0.986. The van der Waals surface area contributed by atoms with Crippen LogP contribution in [0.1, 0.15) is 26.7 Å². The molecular weight excluding hydrogens is 226 g/mol. The van der Waals surface area contributed by atoms with E-state index in [4.69, 9.17) is 16.6 Å². The number of nitrogens with one attached hydrogen (secondary N) is 1. The van der Waals surface area contributed by atoms with Crippen molar-refractivity contribution < 1.29 is 19.5 Å². The van der Waals surface area contributed by atoms with Gasteiger partial charge in [0.25, 0.3) is 0 Å². The van der Waals surface area contributed by atoms with Gasteiger partial charge in [0.05, 0.1) is 17.9 Å². The van der Waals surface area contributed by atoms with Crippen LogP contribution in [0.4, 0.5) is 0 Å². The number of nitrogens with two attached hydrogens (primary N) is 2. The summed E-state index contributed by atoms with van der Waals surface area (Å²) in [7, 11) is 0. The van der Waals surface area contributed by atoms with Gasteiger partial charge in [0, 0.05) is 6.54 Å².